The summed E-state index contributed by atoms with van der Waals surface area (Å²) in [5.41, 5.74) is 5.07. The lowest BCUT2D eigenvalue weighted by Crippen LogP contribution is -2.26. The van der Waals surface area contributed by atoms with Crippen molar-refractivity contribution >= 4 is 38.7 Å². The van der Waals surface area contributed by atoms with Crippen LogP contribution in [0.2, 0.25) is 0 Å². The average Bonchev–Trinajstić information content (AvgIpc) is 3.42. The molecule has 0 aliphatic heterocycles. The Balaban J connectivity index is 1.26. The monoisotopic (exact) mass is 556 g/mol. The van der Waals surface area contributed by atoms with Gasteiger partial charge in [-0.1, -0.05) is 60.7 Å². The highest BCUT2D eigenvalue weighted by Gasteiger charge is 2.15. The van der Waals surface area contributed by atoms with E-state index in [1.807, 2.05) is 60.8 Å². The third kappa shape index (κ3) is 6.28. The van der Waals surface area contributed by atoms with Gasteiger partial charge < -0.3 is 20.4 Å². The summed E-state index contributed by atoms with van der Waals surface area (Å²) in [6.07, 6.45) is 3.51. The van der Waals surface area contributed by atoms with Crippen LogP contribution in [0, 0.1) is 0 Å². The van der Waals surface area contributed by atoms with Crippen molar-refractivity contribution in [3.63, 3.8) is 0 Å². The van der Waals surface area contributed by atoms with Crippen molar-refractivity contribution in [1.29, 1.82) is 0 Å². The Morgan fingerprint density at radius 3 is 2.52 bits per heavy atom. The van der Waals surface area contributed by atoms with E-state index in [1.165, 1.54) is 19.4 Å². The molecule has 0 aliphatic rings. The van der Waals surface area contributed by atoms with Crippen LogP contribution in [0.1, 0.15) is 11.1 Å². The summed E-state index contributed by atoms with van der Waals surface area (Å²) < 4.78 is 32.0. The minimum absolute atomic E-state index is 0.147. The number of carbonyl (C=O) groups excluding carboxylic acids is 1. The van der Waals surface area contributed by atoms with E-state index in [0.29, 0.717) is 30.1 Å². The highest BCUT2D eigenvalue weighted by atomic mass is 32.2. The Hall–Kier alpha value is -4.74. The van der Waals surface area contributed by atoms with Crippen LogP contribution in [0.15, 0.2) is 96.3 Å². The quantitative estimate of drug-likeness (QED) is 0.195. The van der Waals surface area contributed by atoms with Crippen LogP contribution in [0.5, 0.6) is 0 Å². The predicted octanol–water partition coefficient (Wildman–Crippen LogP) is 4.75. The van der Waals surface area contributed by atoms with Gasteiger partial charge in [0.1, 0.15) is 24.4 Å². The van der Waals surface area contributed by atoms with E-state index in [0.717, 1.165) is 27.6 Å². The number of carbonyl (C=O) groups is 1. The van der Waals surface area contributed by atoms with Crippen LogP contribution >= 0.6 is 0 Å². The second-order valence-corrected chi connectivity index (χ2v) is 10.8. The molecular formula is C29H28N6O4S. The van der Waals surface area contributed by atoms with Gasteiger partial charge in [-0.05, 0) is 48.4 Å². The second kappa shape index (κ2) is 12.0. The number of sulfonamides is 1. The molecule has 2 heterocycles. The normalized spacial score (nSPS) is 11.3. The van der Waals surface area contributed by atoms with Crippen molar-refractivity contribution < 1.29 is 17.9 Å². The number of nitrogens with one attached hydrogen (secondary N) is 4. The fraction of sp³-hybridized carbons (Fsp3) is 0.138. The summed E-state index contributed by atoms with van der Waals surface area (Å²) in [7, 11) is -2.21. The highest BCUT2D eigenvalue weighted by Crippen LogP contribution is 2.33. The molecule has 1 amide bonds. The molecule has 2 aromatic heterocycles. The number of aromatic amines is 1. The standard InChI is InChI=1S/C29H28N6O4S/c1-30-40(37,38)24-9-5-8-23(16-24)35-28-26-25(17-32-27(26)33-19-34-28)22-12-10-20(11-13-22)14-15-31-29(36)39-18-21-6-3-2-4-7-21/h2-13,16-17,19,30H,14-15,18H2,1H3,(H,31,36)(H2,32,33,34,35). The maximum atomic E-state index is 12.2. The van der Waals surface area contributed by atoms with Crippen LogP contribution in [-0.4, -0.2) is 43.1 Å². The molecule has 204 valence electrons. The lowest BCUT2D eigenvalue weighted by Gasteiger charge is -2.10. The van der Waals surface area contributed by atoms with Gasteiger partial charge in [0.15, 0.2) is 0 Å². The zero-order chi connectivity index (χ0) is 28.0. The number of hydrogen-bond donors (Lipinski definition) is 4. The van der Waals surface area contributed by atoms with E-state index >= 15 is 0 Å². The first kappa shape index (κ1) is 26.9. The molecule has 0 saturated heterocycles. The summed E-state index contributed by atoms with van der Waals surface area (Å²) in [5, 5.41) is 6.80. The van der Waals surface area contributed by atoms with Gasteiger partial charge in [-0.2, -0.15) is 0 Å². The topological polar surface area (TPSA) is 138 Å². The molecule has 0 unspecified atom stereocenters. The number of rotatable bonds is 10. The molecule has 0 aliphatic carbocycles. The van der Waals surface area contributed by atoms with Gasteiger partial charge in [-0.25, -0.2) is 27.9 Å². The fourth-order valence-electron chi connectivity index (χ4n) is 4.21. The number of amides is 1. The number of anilines is 2. The molecule has 10 nitrogen and oxygen atoms in total. The fourth-order valence-corrected chi connectivity index (χ4v) is 4.99. The largest absolute Gasteiger partial charge is 0.445 e. The first-order valence-electron chi connectivity index (χ1n) is 12.6. The molecule has 5 rings (SSSR count). The summed E-state index contributed by atoms with van der Waals surface area (Å²) in [6, 6.07) is 24.1. The molecule has 4 N–H and O–H groups in total. The third-order valence-electron chi connectivity index (χ3n) is 6.31. The maximum Gasteiger partial charge on any atom is 0.407 e. The van der Waals surface area contributed by atoms with E-state index in [1.54, 1.807) is 18.2 Å². The number of benzene rings is 3. The molecule has 11 heteroatoms. The molecule has 0 atom stereocenters. The molecule has 0 saturated carbocycles. The van der Waals surface area contributed by atoms with Gasteiger partial charge >= 0.3 is 6.09 Å². The van der Waals surface area contributed by atoms with Crippen LogP contribution in [-0.2, 0) is 27.8 Å². The highest BCUT2D eigenvalue weighted by molar-refractivity contribution is 7.89. The van der Waals surface area contributed by atoms with Gasteiger partial charge in [-0.3, -0.25) is 0 Å². The molecule has 40 heavy (non-hydrogen) atoms. The van der Waals surface area contributed by atoms with Crippen LogP contribution < -0.4 is 15.4 Å². The SMILES string of the molecule is CNS(=O)(=O)c1cccc(Nc2ncnc3[nH]cc(-c4ccc(CCNC(=O)OCc5ccccc5)cc4)c23)c1. The van der Waals surface area contributed by atoms with Gasteiger partial charge in [0.2, 0.25) is 10.0 Å². The first-order valence-corrected chi connectivity index (χ1v) is 14.1. The molecule has 0 spiro atoms. The van der Waals surface area contributed by atoms with E-state index in [4.69, 9.17) is 4.74 Å². The summed E-state index contributed by atoms with van der Waals surface area (Å²) in [5.74, 6) is 0.544. The third-order valence-corrected chi connectivity index (χ3v) is 7.72. The molecule has 0 radical (unpaired) electrons. The lowest BCUT2D eigenvalue weighted by molar-refractivity contribution is 0.140. The Morgan fingerprint density at radius 2 is 1.75 bits per heavy atom. The summed E-state index contributed by atoms with van der Waals surface area (Å²) in [6.45, 7) is 0.678. The Kier molecular flexibility index (Phi) is 8.04. The summed E-state index contributed by atoms with van der Waals surface area (Å²) in [4.78, 5) is 24.1. The van der Waals surface area contributed by atoms with Gasteiger partial charge in [-0.15, -0.1) is 0 Å². The summed E-state index contributed by atoms with van der Waals surface area (Å²) >= 11 is 0. The van der Waals surface area contributed by atoms with Crippen LogP contribution in [0.3, 0.4) is 0 Å². The number of fused-ring (bicyclic) bond motifs is 1. The van der Waals surface area contributed by atoms with Crippen LogP contribution in [0.25, 0.3) is 22.2 Å². The minimum Gasteiger partial charge on any atom is -0.445 e. The second-order valence-electron chi connectivity index (χ2n) is 8.94. The number of aromatic nitrogens is 3. The zero-order valence-corrected chi connectivity index (χ0v) is 22.5. The van der Waals surface area contributed by atoms with E-state index in [9.17, 15) is 13.2 Å². The molecular weight excluding hydrogens is 528 g/mol. The lowest BCUT2D eigenvalue weighted by atomic mass is 10.0. The van der Waals surface area contributed by atoms with E-state index in [2.05, 4.69) is 30.3 Å². The Morgan fingerprint density at radius 1 is 0.950 bits per heavy atom. The molecule has 5 aromatic rings. The van der Waals surface area contributed by atoms with Crippen molar-refractivity contribution in [2.45, 2.75) is 17.9 Å². The smallest absolute Gasteiger partial charge is 0.407 e. The number of ether oxygens (including phenoxy) is 1. The van der Waals surface area contributed by atoms with E-state index in [-0.39, 0.29) is 11.5 Å². The van der Waals surface area contributed by atoms with Gasteiger partial charge in [0.25, 0.3) is 0 Å². The molecule has 0 bridgehead atoms. The molecule has 3 aromatic carbocycles. The van der Waals surface area contributed by atoms with Crippen molar-refractivity contribution in [2.75, 3.05) is 18.9 Å². The van der Waals surface area contributed by atoms with Crippen molar-refractivity contribution in [3.05, 3.63) is 103 Å². The van der Waals surface area contributed by atoms with Gasteiger partial charge in [0.05, 0.1) is 10.3 Å². The van der Waals surface area contributed by atoms with Crippen molar-refractivity contribution in [3.8, 4) is 11.1 Å². The van der Waals surface area contributed by atoms with Crippen LogP contribution in [0.4, 0.5) is 16.3 Å². The first-order chi connectivity index (χ1) is 19.4. The zero-order valence-electron chi connectivity index (χ0n) is 21.7. The number of H-pyrrole nitrogens is 1. The predicted molar refractivity (Wildman–Crippen MR) is 154 cm³/mol. The maximum absolute atomic E-state index is 12.2. The number of alkyl carbamates (subject to hydrolysis) is 1. The Bertz CT molecular complexity index is 1720. The average molecular weight is 557 g/mol. The van der Waals surface area contributed by atoms with E-state index < -0.39 is 16.1 Å². The number of nitrogens with zero attached hydrogens (tertiary/aromatic N) is 2. The Labute approximate surface area is 231 Å². The number of hydrogen-bond acceptors (Lipinski definition) is 7. The molecule has 0 fully saturated rings. The van der Waals surface area contributed by atoms with Crippen molar-refractivity contribution in [1.82, 2.24) is 25.0 Å². The van der Waals surface area contributed by atoms with Crippen molar-refractivity contribution in [2.24, 2.45) is 0 Å². The van der Waals surface area contributed by atoms with Gasteiger partial charge in [0, 0.05) is 24.0 Å². The minimum atomic E-state index is -3.59.